The van der Waals surface area contributed by atoms with Crippen LogP contribution in [0.4, 0.5) is 4.39 Å². The summed E-state index contributed by atoms with van der Waals surface area (Å²) in [5.41, 5.74) is 3.51. The number of benzene rings is 2. The lowest BCUT2D eigenvalue weighted by atomic mass is 9.95. The zero-order valence-corrected chi connectivity index (χ0v) is 14.0. The zero-order chi connectivity index (χ0) is 16.9. The number of hydrogen-bond donors (Lipinski definition) is 0. The minimum absolute atomic E-state index is 0.213. The van der Waals surface area contributed by atoms with E-state index < -0.39 is 0 Å². The van der Waals surface area contributed by atoms with Crippen LogP contribution >= 0.6 is 0 Å². The molecule has 124 valence electrons. The number of ether oxygens (including phenoxy) is 2. The number of allylic oxidation sites excluding steroid dienone is 3. The molecule has 1 aliphatic heterocycles. The van der Waals surface area contributed by atoms with Crippen molar-refractivity contribution in [3.05, 3.63) is 65.5 Å². The van der Waals surface area contributed by atoms with Gasteiger partial charge in [-0.25, -0.2) is 4.39 Å². The van der Waals surface area contributed by atoms with E-state index in [1.54, 1.807) is 12.1 Å². The summed E-state index contributed by atoms with van der Waals surface area (Å²) in [6.45, 7) is 4.94. The van der Waals surface area contributed by atoms with Gasteiger partial charge >= 0.3 is 0 Å². The third-order valence-corrected chi connectivity index (χ3v) is 4.07. The molecule has 0 amide bonds. The van der Waals surface area contributed by atoms with Gasteiger partial charge in [0.2, 0.25) is 0 Å². The zero-order valence-electron chi connectivity index (χ0n) is 14.0. The van der Waals surface area contributed by atoms with E-state index in [2.05, 4.69) is 13.0 Å². The van der Waals surface area contributed by atoms with E-state index in [0.29, 0.717) is 24.5 Å². The van der Waals surface area contributed by atoms with Gasteiger partial charge in [0.25, 0.3) is 0 Å². The van der Waals surface area contributed by atoms with Gasteiger partial charge in [-0.2, -0.15) is 0 Å². The molecule has 0 bridgehead atoms. The first-order chi connectivity index (χ1) is 11.7. The van der Waals surface area contributed by atoms with Crippen LogP contribution in [0.2, 0.25) is 0 Å². The molecule has 0 radical (unpaired) electrons. The minimum Gasteiger partial charge on any atom is -0.486 e. The summed E-state index contributed by atoms with van der Waals surface area (Å²) in [6.07, 6.45) is 9.18. The lowest BCUT2D eigenvalue weighted by molar-refractivity contribution is 0.164. The molecule has 0 saturated carbocycles. The van der Waals surface area contributed by atoms with Crippen LogP contribution in [0.5, 0.6) is 11.5 Å². The molecule has 2 nitrogen and oxygen atoms in total. The first kappa shape index (κ1) is 16.3. The highest BCUT2D eigenvalue weighted by Gasteiger charge is 2.21. The maximum absolute atomic E-state index is 14.9. The Morgan fingerprint density at radius 3 is 2.71 bits per heavy atom. The number of fused-ring (bicyclic) bond motifs is 1. The standard InChI is InChI=1S/C21H21FO2/c1-3-4-5-6-8-16-9-7-10-17(15(16)2)18-11-12-19-21(20(18)22)24-14-13-23-19/h4-12H,3,13-14H2,1-2H3/b5-4+,8-6+. The monoisotopic (exact) mass is 324 g/mol. The summed E-state index contributed by atoms with van der Waals surface area (Å²) < 4.78 is 25.8. The van der Waals surface area contributed by atoms with Crippen LogP contribution in [-0.2, 0) is 0 Å². The largest absolute Gasteiger partial charge is 0.486 e. The Kier molecular flexibility index (Phi) is 4.99. The molecule has 24 heavy (non-hydrogen) atoms. The Balaban J connectivity index is 2.01. The average Bonchev–Trinajstić information content (AvgIpc) is 2.61. The molecule has 0 fully saturated rings. The Bertz CT molecular complexity index is 791. The fraction of sp³-hybridized carbons (Fsp3) is 0.238. The van der Waals surface area contributed by atoms with Crippen molar-refractivity contribution in [2.45, 2.75) is 20.3 Å². The Morgan fingerprint density at radius 1 is 1.04 bits per heavy atom. The van der Waals surface area contributed by atoms with Gasteiger partial charge in [-0.05, 0) is 42.2 Å². The van der Waals surface area contributed by atoms with Crippen molar-refractivity contribution in [1.82, 2.24) is 0 Å². The Labute approximate surface area is 142 Å². The van der Waals surface area contributed by atoms with Crippen LogP contribution in [0.1, 0.15) is 24.5 Å². The molecule has 0 saturated heterocycles. The van der Waals surface area contributed by atoms with Crippen molar-refractivity contribution in [2.75, 3.05) is 13.2 Å². The van der Waals surface area contributed by atoms with Crippen LogP contribution < -0.4 is 9.47 Å². The fourth-order valence-electron chi connectivity index (χ4n) is 2.79. The average molecular weight is 324 g/mol. The first-order valence-electron chi connectivity index (χ1n) is 8.23. The van der Waals surface area contributed by atoms with Gasteiger partial charge < -0.3 is 9.47 Å². The Hall–Kier alpha value is -2.55. The van der Waals surface area contributed by atoms with Crippen LogP contribution in [0.15, 0.2) is 48.6 Å². The van der Waals surface area contributed by atoms with Gasteiger partial charge in [-0.3, -0.25) is 0 Å². The van der Waals surface area contributed by atoms with E-state index in [4.69, 9.17) is 9.47 Å². The summed E-state index contributed by atoms with van der Waals surface area (Å²) in [5, 5.41) is 0. The van der Waals surface area contributed by atoms with Crippen molar-refractivity contribution in [3.63, 3.8) is 0 Å². The van der Waals surface area contributed by atoms with Gasteiger partial charge in [0.15, 0.2) is 17.3 Å². The van der Waals surface area contributed by atoms with E-state index in [1.807, 2.05) is 43.4 Å². The van der Waals surface area contributed by atoms with Crippen LogP contribution in [0.3, 0.4) is 0 Å². The fourth-order valence-corrected chi connectivity index (χ4v) is 2.79. The Morgan fingerprint density at radius 2 is 1.88 bits per heavy atom. The van der Waals surface area contributed by atoms with Gasteiger partial charge in [-0.1, -0.05) is 49.4 Å². The summed E-state index contributed by atoms with van der Waals surface area (Å²) in [7, 11) is 0. The molecule has 3 heteroatoms. The molecule has 0 atom stereocenters. The van der Waals surface area contributed by atoms with E-state index in [9.17, 15) is 4.39 Å². The summed E-state index contributed by atoms with van der Waals surface area (Å²) >= 11 is 0. The maximum Gasteiger partial charge on any atom is 0.197 e. The normalized spacial score (nSPS) is 13.8. The van der Waals surface area contributed by atoms with Gasteiger partial charge in [0.05, 0.1) is 0 Å². The van der Waals surface area contributed by atoms with Crippen LogP contribution in [-0.4, -0.2) is 13.2 Å². The predicted octanol–water partition coefficient (Wildman–Crippen LogP) is 5.55. The third-order valence-electron chi connectivity index (χ3n) is 4.07. The molecule has 1 heterocycles. The van der Waals surface area contributed by atoms with Crippen molar-refractivity contribution >= 4 is 6.08 Å². The van der Waals surface area contributed by atoms with Gasteiger partial charge in [-0.15, -0.1) is 0 Å². The minimum atomic E-state index is -0.359. The summed E-state index contributed by atoms with van der Waals surface area (Å²) in [4.78, 5) is 0. The SMILES string of the molecule is CC/C=C/C=C/c1cccc(-c2ccc3c(c2F)OCCO3)c1C. The second-order valence-electron chi connectivity index (χ2n) is 5.67. The second-order valence-corrected chi connectivity index (χ2v) is 5.67. The topological polar surface area (TPSA) is 18.5 Å². The number of hydrogen-bond acceptors (Lipinski definition) is 2. The van der Waals surface area contributed by atoms with Crippen molar-refractivity contribution in [1.29, 1.82) is 0 Å². The highest BCUT2D eigenvalue weighted by molar-refractivity contribution is 5.75. The molecular weight excluding hydrogens is 303 g/mol. The molecular formula is C21H21FO2. The molecule has 2 aromatic rings. The molecule has 0 unspecified atom stereocenters. The number of halogens is 1. The first-order valence-corrected chi connectivity index (χ1v) is 8.23. The van der Waals surface area contributed by atoms with Crippen molar-refractivity contribution in [2.24, 2.45) is 0 Å². The summed E-state index contributed by atoms with van der Waals surface area (Å²) in [5.74, 6) is 0.327. The lowest BCUT2D eigenvalue weighted by Crippen LogP contribution is -2.16. The van der Waals surface area contributed by atoms with Crippen LogP contribution in [0, 0.1) is 12.7 Å². The molecule has 0 aliphatic carbocycles. The van der Waals surface area contributed by atoms with Gasteiger partial charge in [0, 0.05) is 5.56 Å². The smallest absolute Gasteiger partial charge is 0.197 e. The van der Waals surface area contributed by atoms with E-state index in [0.717, 1.165) is 23.1 Å². The van der Waals surface area contributed by atoms with Crippen molar-refractivity contribution < 1.29 is 13.9 Å². The second kappa shape index (κ2) is 7.35. The quantitative estimate of drug-likeness (QED) is 0.686. The van der Waals surface area contributed by atoms with Crippen molar-refractivity contribution in [3.8, 4) is 22.6 Å². The van der Waals surface area contributed by atoms with Crippen LogP contribution in [0.25, 0.3) is 17.2 Å². The maximum atomic E-state index is 14.9. The molecule has 2 aromatic carbocycles. The molecule has 3 rings (SSSR count). The number of rotatable bonds is 4. The third kappa shape index (κ3) is 3.21. The lowest BCUT2D eigenvalue weighted by Gasteiger charge is -2.20. The highest BCUT2D eigenvalue weighted by Crippen LogP contribution is 2.39. The summed E-state index contributed by atoms with van der Waals surface area (Å²) in [6, 6.07) is 9.45. The van der Waals surface area contributed by atoms with E-state index >= 15 is 0 Å². The van der Waals surface area contributed by atoms with Gasteiger partial charge in [0.1, 0.15) is 13.2 Å². The molecule has 1 aliphatic rings. The molecule has 0 N–H and O–H groups in total. The molecule has 0 spiro atoms. The predicted molar refractivity (Wildman–Crippen MR) is 96.0 cm³/mol. The molecule has 0 aromatic heterocycles. The van der Waals surface area contributed by atoms with E-state index in [1.165, 1.54) is 0 Å². The highest BCUT2D eigenvalue weighted by atomic mass is 19.1. The van der Waals surface area contributed by atoms with E-state index in [-0.39, 0.29) is 11.6 Å².